The SMILES string of the molecule is COC(=O)C(C)(C)C(=O)c1ccc2c(c1)CCCO2. The van der Waals surface area contributed by atoms with E-state index in [2.05, 4.69) is 4.74 Å². The summed E-state index contributed by atoms with van der Waals surface area (Å²) in [5, 5.41) is 0. The summed E-state index contributed by atoms with van der Waals surface area (Å²) in [6, 6.07) is 5.33. The van der Waals surface area contributed by atoms with Gasteiger partial charge in [-0.25, -0.2) is 0 Å². The van der Waals surface area contributed by atoms with Crippen LogP contribution in [0, 0.1) is 5.41 Å². The molecule has 0 bridgehead atoms. The lowest BCUT2D eigenvalue weighted by atomic mass is 9.83. The van der Waals surface area contributed by atoms with Crippen molar-refractivity contribution < 1.29 is 19.1 Å². The average Bonchev–Trinajstić information content (AvgIpc) is 2.44. The van der Waals surface area contributed by atoms with Gasteiger partial charge in [0.2, 0.25) is 0 Å². The molecule has 0 unspecified atom stereocenters. The third-order valence-corrected chi connectivity index (χ3v) is 3.43. The van der Waals surface area contributed by atoms with Crippen molar-refractivity contribution in [1.29, 1.82) is 0 Å². The Morgan fingerprint density at radius 3 is 2.74 bits per heavy atom. The van der Waals surface area contributed by atoms with E-state index in [0.717, 1.165) is 24.2 Å². The van der Waals surface area contributed by atoms with Crippen molar-refractivity contribution in [2.45, 2.75) is 26.7 Å². The van der Waals surface area contributed by atoms with Gasteiger partial charge in [0, 0.05) is 5.56 Å². The van der Waals surface area contributed by atoms with Crippen LogP contribution < -0.4 is 4.74 Å². The van der Waals surface area contributed by atoms with Crippen molar-refractivity contribution in [3.63, 3.8) is 0 Å². The van der Waals surface area contributed by atoms with Crippen LogP contribution in [0.4, 0.5) is 0 Å². The number of ether oxygens (including phenoxy) is 2. The fraction of sp³-hybridized carbons (Fsp3) is 0.467. The van der Waals surface area contributed by atoms with Gasteiger partial charge in [-0.2, -0.15) is 0 Å². The highest BCUT2D eigenvalue weighted by atomic mass is 16.5. The average molecular weight is 262 g/mol. The van der Waals surface area contributed by atoms with Crippen molar-refractivity contribution >= 4 is 11.8 Å². The number of esters is 1. The molecule has 0 spiro atoms. The molecule has 0 amide bonds. The van der Waals surface area contributed by atoms with E-state index in [9.17, 15) is 9.59 Å². The Morgan fingerprint density at radius 2 is 2.05 bits per heavy atom. The first kappa shape index (κ1) is 13.6. The minimum atomic E-state index is -1.17. The standard InChI is InChI=1S/C15H18O4/c1-15(2,14(17)18-3)13(16)11-6-7-12-10(9-11)5-4-8-19-12/h6-7,9H,4-5,8H2,1-3H3. The lowest BCUT2D eigenvalue weighted by Gasteiger charge is -2.22. The van der Waals surface area contributed by atoms with Crippen LogP contribution in [0.1, 0.15) is 36.2 Å². The normalized spacial score (nSPS) is 14.3. The Balaban J connectivity index is 2.32. The smallest absolute Gasteiger partial charge is 0.319 e. The second-order valence-electron chi connectivity index (χ2n) is 5.22. The summed E-state index contributed by atoms with van der Waals surface area (Å²) in [6.07, 6.45) is 1.85. The molecule has 1 aromatic carbocycles. The molecule has 4 nitrogen and oxygen atoms in total. The summed E-state index contributed by atoms with van der Waals surface area (Å²) in [4.78, 5) is 24.1. The van der Waals surface area contributed by atoms with Gasteiger partial charge in [0.05, 0.1) is 13.7 Å². The fourth-order valence-electron chi connectivity index (χ4n) is 2.21. The van der Waals surface area contributed by atoms with Crippen LogP contribution in [-0.2, 0) is 16.0 Å². The second-order valence-corrected chi connectivity index (χ2v) is 5.22. The molecule has 1 heterocycles. The van der Waals surface area contributed by atoms with Gasteiger partial charge >= 0.3 is 5.97 Å². The maximum Gasteiger partial charge on any atom is 0.319 e. The maximum absolute atomic E-state index is 12.4. The van der Waals surface area contributed by atoms with Gasteiger partial charge in [-0.3, -0.25) is 9.59 Å². The number of benzene rings is 1. The summed E-state index contributed by atoms with van der Waals surface area (Å²) >= 11 is 0. The maximum atomic E-state index is 12.4. The number of Topliss-reactive ketones (excluding diaryl/α,β-unsaturated/α-hetero) is 1. The predicted molar refractivity (Wildman–Crippen MR) is 70.4 cm³/mol. The third kappa shape index (κ3) is 2.48. The number of rotatable bonds is 3. The molecule has 19 heavy (non-hydrogen) atoms. The molecule has 0 saturated heterocycles. The number of methoxy groups -OCH3 is 1. The Labute approximate surface area is 112 Å². The monoisotopic (exact) mass is 262 g/mol. The quantitative estimate of drug-likeness (QED) is 0.477. The van der Waals surface area contributed by atoms with Crippen LogP contribution in [0.5, 0.6) is 5.75 Å². The number of hydrogen-bond donors (Lipinski definition) is 0. The largest absolute Gasteiger partial charge is 0.493 e. The van der Waals surface area contributed by atoms with Crippen molar-refractivity contribution in [2.75, 3.05) is 13.7 Å². The minimum Gasteiger partial charge on any atom is -0.493 e. The first-order valence-electron chi connectivity index (χ1n) is 6.36. The van der Waals surface area contributed by atoms with E-state index >= 15 is 0 Å². The molecule has 0 N–H and O–H groups in total. The van der Waals surface area contributed by atoms with Gasteiger partial charge in [-0.1, -0.05) is 0 Å². The zero-order valence-electron chi connectivity index (χ0n) is 11.5. The van der Waals surface area contributed by atoms with Gasteiger partial charge in [0.1, 0.15) is 11.2 Å². The van der Waals surface area contributed by atoms with E-state index in [4.69, 9.17) is 4.74 Å². The molecule has 4 heteroatoms. The molecule has 2 rings (SSSR count). The number of carbonyl (C=O) groups is 2. The zero-order valence-corrected chi connectivity index (χ0v) is 11.5. The highest BCUT2D eigenvalue weighted by Gasteiger charge is 2.37. The molecule has 1 aliphatic rings. The van der Waals surface area contributed by atoms with E-state index in [1.807, 2.05) is 6.07 Å². The van der Waals surface area contributed by atoms with Gasteiger partial charge in [-0.05, 0) is 50.5 Å². The first-order chi connectivity index (χ1) is 8.96. The zero-order chi connectivity index (χ0) is 14.0. The summed E-state index contributed by atoms with van der Waals surface area (Å²) in [6.45, 7) is 3.88. The third-order valence-electron chi connectivity index (χ3n) is 3.43. The van der Waals surface area contributed by atoms with Crippen LogP contribution in [0.25, 0.3) is 0 Å². The molecule has 0 saturated carbocycles. The number of ketones is 1. The highest BCUT2D eigenvalue weighted by molar-refractivity contribution is 6.11. The van der Waals surface area contributed by atoms with Gasteiger partial charge in [0.25, 0.3) is 0 Å². The van der Waals surface area contributed by atoms with Crippen molar-refractivity contribution in [1.82, 2.24) is 0 Å². The lowest BCUT2D eigenvalue weighted by Crippen LogP contribution is -2.34. The van der Waals surface area contributed by atoms with Crippen LogP contribution in [0.15, 0.2) is 18.2 Å². The molecular weight excluding hydrogens is 244 g/mol. The Bertz CT molecular complexity index is 517. The summed E-state index contributed by atoms with van der Waals surface area (Å²) in [5.41, 5.74) is 0.385. The Morgan fingerprint density at radius 1 is 1.32 bits per heavy atom. The summed E-state index contributed by atoms with van der Waals surface area (Å²) in [5.74, 6) is 0.0814. The lowest BCUT2D eigenvalue weighted by molar-refractivity contribution is -0.147. The van der Waals surface area contributed by atoms with E-state index in [0.29, 0.717) is 12.2 Å². The fourth-order valence-corrected chi connectivity index (χ4v) is 2.21. The molecule has 102 valence electrons. The number of fused-ring (bicyclic) bond motifs is 1. The minimum absolute atomic E-state index is 0.229. The summed E-state index contributed by atoms with van der Waals surface area (Å²) in [7, 11) is 1.29. The van der Waals surface area contributed by atoms with Crippen molar-refractivity contribution in [3.05, 3.63) is 29.3 Å². The molecule has 0 atom stereocenters. The molecule has 0 aliphatic carbocycles. The predicted octanol–water partition coefficient (Wildman–Crippen LogP) is 2.39. The van der Waals surface area contributed by atoms with E-state index in [1.54, 1.807) is 26.0 Å². The van der Waals surface area contributed by atoms with Gasteiger partial charge in [0.15, 0.2) is 5.78 Å². The van der Waals surface area contributed by atoms with Gasteiger partial charge < -0.3 is 9.47 Å². The van der Waals surface area contributed by atoms with Crippen molar-refractivity contribution in [3.8, 4) is 5.75 Å². The van der Waals surface area contributed by atoms with Crippen LogP contribution in [0.3, 0.4) is 0 Å². The van der Waals surface area contributed by atoms with E-state index < -0.39 is 11.4 Å². The Kier molecular flexibility index (Phi) is 3.60. The number of carbonyl (C=O) groups excluding carboxylic acids is 2. The summed E-state index contributed by atoms with van der Waals surface area (Å²) < 4.78 is 10.2. The molecular formula is C15H18O4. The molecule has 0 radical (unpaired) electrons. The number of aryl methyl sites for hydroxylation is 1. The number of hydrogen-bond acceptors (Lipinski definition) is 4. The van der Waals surface area contributed by atoms with Crippen molar-refractivity contribution in [2.24, 2.45) is 5.41 Å². The molecule has 0 aromatic heterocycles. The molecule has 1 aromatic rings. The second kappa shape index (κ2) is 5.03. The topological polar surface area (TPSA) is 52.6 Å². The van der Waals surface area contributed by atoms with Gasteiger partial charge in [-0.15, -0.1) is 0 Å². The van der Waals surface area contributed by atoms with Crippen LogP contribution in [0.2, 0.25) is 0 Å². The van der Waals surface area contributed by atoms with Crippen LogP contribution >= 0.6 is 0 Å². The Hall–Kier alpha value is -1.84. The first-order valence-corrected chi connectivity index (χ1v) is 6.36. The molecule has 1 aliphatic heterocycles. The van der Waals surface area contributed by atoms with Crippen LogP contribution in [-0.4, -0.2) is 25.5 Å². The molecule has 0 fully saturated rings. The van der Waals surface area contributed by atoms with E-state index in [1.165, 1.54) is 7.11 Å². The van der Waals surface area contributed by atoms with E-state index in [-0.39, 0.29) is 5.78 Å². The highest BCUT2D eigenvalue weighted by Crippen LogP contribution is 2.29.